The van der Waals surface area contributed by atoms with E-state index in [0.29, 0.717) is 0 Å². The normalized spacial score (nSPS) is 19.4. The molecule has 0 unspecified atom stereocenters. The summed E-state index contributed by atoms with van der Waals surface area (Å²) in [5.74, 6) is 1.97. The van der Waals surface area contributed by atoms with Gasteiger partial charge in [-0.1, -0.05) is 49.6 Å². The van der Waals surface area contributed by atoms with Crippen LogP contribution in [-0.2, 0) is 0 Å². The zero-order valence-electron chi connectivity index (χ0n) is 16.6. The minimum Gasteiger partial charge on any atom is -0.353 e. The second-order valence-corrected chi connectivity index (χ2v) is 9.36. The van der Waals surface area contributed by atoms with Crippen LogP contribution in [0.3, 0.4) is 0 Å². The van der Waals surface area contributed by atoms with Crippen molar-refractivity contribution < 1.29 is 0 Å². The standard InChI is InChI=1S/C23H28N4S/c1-17-16-20-22(24-21(25-23(20)28-17)18-8-4-2-5-9-18)27-14-12-26(13-15-27)19-10-6-3-7-11-19/h2,4-5,8-9,16,19H,3,6-7,10-15H2,1H3. The maximum Gasteiger partial charge on any atom is 0.163 e. The quantitative estimate of drug-likeness (QED) is 0.619. The number of nitrogens with zero attached hydrogens (tertiary/aromatic N) is 4. The van der Waals surface area contributed by atoms with Gasteiger partial charge in [0.05, 0.1) is 5.39 Å². The average Bonchev–Trinajstić information content (AvgIpc) is 3.14. The highest BCUT2D eigenvalue weighted by molar-refractivity contribution is 7.18. The van der Waals surface area contributed by atoms with E-state index >= 15 is 0 Å². The first-order valence-electron chi connectivity index (χ1n) is 10.6. The summed E-state index contributed by atoms with van der Waals surface area (Å²) < 4.78 is 0. The number of fused-ring (bicyclic) bond motifs is 1. The molecule has 0 radical (unpaired) electrons. The molecular formula is C23H28N4S. The third-order valence-corrected chi connectivity index (χ3v) is 7.18. The third kappa shape index (κ3) is 3.53. The zero-order chi connectivity index (χ0) is 18.9. The average molecular weight is 393 g/mol. The molecule has 2 aliphatic rings. The minimum atomic E-state index is 0.810. The van der Waals surface area contributed by atoms with Gasteiger partial charge in [-0.3, -0.25) is 4.90 Å². The van der Waals surface area contributed by atoms with Gasteiger partial charge < -0.3 is 4.90 Å². The zero-order valence-corrected chi connectivity index (χ0v) is 17.4. The first-order valence-corrected chi connectivity index (χ1v) is 11.4. The highest BCUT2D eigenvalue weighted by atomic mass is 32.1. The highest BCUT2D eigenvalue weighted by Crippen LogP contribution is 2.34. The molecule has 0 N–H and O–H groups in total. The maximum atomic E-state index is 5.05. The van der Waals surface area contributed by atoms with E-state index in [2.05, 4.69) is 47.1 Å². The second-order valence-electron chi connectivity index (χ2n) is 8.13. The van der Waals surface area contributed by atoms with E-state index in [1.807, 2.05) is 6.07 Å². The van der Waals surface area contributed by atoms with Gasteiger partial charge in [0.15, 0.2) is 5.82 Å². The summed E-state index contributed by atoms with van der Waals surface area (Å²) in [7, 11) is 0. The predicted molar refractivity (Wildman–Crippen MR) is 118 cm³/mol. The van der Waals surface area contributed by atoms with Gasteiger partial charge in [-0.2, -0.15) is 0 Å². The van der Waals surface area contributed by atoms with E-state index in [1.54, 1.807) is 11.3 Å². The molecular weight excluding hydrogens is 364 g/mol. The second kappa shape index (κ2) is 7.80. The van der Waals surface area contributed by atoms with Crippen LogP contribution < -0.4 is 4.90 Å². The Balaban J connectivity index is 1.43. The van der Waals surface area contributed by atoms with Crippen molar-refractivity contribution in [3.05, 3.63) is 41.3 Å². The Morgan fingerprint density at radius 1 is 0.929 bits per heavy atom. The molecule has 1 aliphatic carbocycles. The number of thiophene rings is 1. The fourth-order valence-electron chi connectivity index (χ4n) is 4.73. The SMILES string of the molecule is Cc1cc2c(N3CCN(C4CCCCC4)CC3)nc(-c3ccccc3)nc2s1. The fourth-order valence-corrected chi connectivity index (χ4v) is 5.60. The molecule has 2 fully saturated rings. The van der Waals surface area contributed by atoms with Gasteiger partial charge in [0.1, 0.15) is 10.6 Å². The van der Waals surface area contributed by atoms with E-state index in [0.717, 1.165) is 54.3 Å². The van der Waals surface area contributed by atoms with Crippen molar-refractivity contribution in [1.82, 2.24) is 14.9 Å². The van der Waals surface area contributed by atoms with Crippen LogP contribution in [0.4, 0.5) is 5.82 Å². The molecule has 3 aromatic rings. The molecule has 1 saturated heterocycles. The van der Waals surface area contributed by atoms with Gasteiger partial charge in [-0.05, 0) is 25.8 Å². The van der Waals surface area contributed by atoms with Crippen molar-refractivity contribution in [2.75, 3.05) is 31.1 Å². The number of benzene rings is 1. The van der Waals surface area contributed by atoms with Crippen LogP contribution in [0.1, 0.15) is 37.0 Å². The lowest BCUT2D eigenvalue weighted by Gasteiger charge is -2.41. The summed E-state index contributed by atoms with van der Waals surface area (Å²) in [5, 5.41) is 1.22. The molecule has 146 valence electrons. The molecule has 1 saturated carbocycles. The Morgan fingerprint density at radius 2 is 1.68 bits per heavy atom. The number of hydrogen-bond donors (Lipinski definition) is 0. The fraction of sp³-hybridized carbons (Fsp3) is 0.478. The van der Waals surface area contributed by atoms with Crippen molar-refractivity contribution in [2.45, 2.75) is 45.1 Å². The summed E-state index contributed by atoms with van der Waals surface area (Å²) in [6, 6.07) is 13.4. The molecule has 1 aromatic carbocycles. The van der Waals surface area contributed by atoms with Crippen molar-refractivity contribution in [3.63, 3.8) is 0 Å². The summed E-state index contributed by atoms with van der Waals surface area (Å²) >= 11 is 1.77. The van der Waals surface area contributed by atoms with Crippen molar-refractivity contribution in [2.24, 2.45) is 0 Å². The topological polar surface area (TPSA) is 32.3 Å². The van der Waals surface area contributed by atoms with E-state index in [1.165, 1.54) is 42.4 Å². The summed E-state index contributed by atoms with van der Waals surface area (Å²) in [6.45, 7) is 6.59. The summed E-state index contributed by atoms with van der Waals surface area (Å²) in [5.41, 5.74) is 1.09. The number of rotatable bonds is 3. The van der Waals surface area contributed by atoms with Crippen LogP contribution >= 0.6 is 11.3 Å². The van der Waals surface area contributed by atoms with Gasteiger partial charge in [-0.15, -0.1) is 11.3 Å². The summed E-state index contributed by atoms with van der Waals surface area (Å²) in [4.78, 5) is 17.6. The van der Waals surface area contributed by atoms with Crippen LogP contribution in [0.2, 0.25) is 0 Å². The van der Waals surface area contributed by atoms with E-state index in [4.69, 9.17) is 9.97 Å². The summed E-state index contributed by atoms with van der Waals surface area (Å²) in [6.07, 6.45) is 7.02. The Hall–Kier alpha value is -1.98. The molecule has 0 atom stereocenters. The van der Waals surface area contributed by atoms with E-state index in [9.17, 15) is 0 Å². The van der Waals surface area contributed by atoms with Crippen LogP contribution in [0.5, 0.6) is 0 Å². The number of aromatic nitrogens is 2. The number of piperazine rings is 1. The molecule has 5 heteroatoms. The van der Waals surface area contributed by atoms with Crippen LogP contribution in [0, 0.1) is 6.92 Å². The molecule has 5 rings (SSSR count). The van der Waals surface area contributed by atoms with Crippen molar-refractivity contribution in [1.29, 1.82) is 0 Å². The van der Waals surface area contributed by atoms with Gasteiger partial charge in [0, 0.05) is 42.7 Å². The number of aryl methyl sites for hydroxylation is 1. The smallest absolute Gasteiger partial charge is 0.163 e. The van der Waals surface area contributed by atoms with Gasteiger partial charge in [-0.25, -0.2) is 9.97 Å². The van der Waals surface area contributed by atoms with Gasteiger partial charge in [0.25, 0.3) is 0 Å². The monoisotopic (exact) mass is 392 g/mol. The first-order chi connectivity index (χ1) is 13.8. The largest absolute Gasteiger partial charge is 0.353 e. The Labute approximate surface area is 171 Å². The maximum absolute atomic E-state index is 5.05. The van der Waals surface area contributed by atoms with Crippen molar-refractivity contribution in [3.8, 4) is 11.4 Å². The molecule has 2 aromatic heterocycles. The van der Waals surface area contributed by atoms with Gasteiger partial charge >= 0.3 is 0 Å². The van der Waals surface area contributed by atoms with Crippen molar-refractivity contribution >= 4 is 27.4 Å². The molecule has 0 amide bonds. The molecule has 0 bridgehead atoms. The van der Waals surface area contributed by atoms with Crippen LogP contribution in [-0.4, -0.2) is 47.1 Å². The lowest BCUT2D eigenvalue weighted by Crippen LogP contribution is -2.51. The molecule has 0 spiro atoms. The molecule has 3 heterocycles. The van der Waals surface area contributed by atoms with E-state index < -0.39 is 0 Å². The molecule has 4 nitrogen and oxygen atoms in total. The lowest BCUT2D eigenvalue weighted by molar-refractivity contribution is 0.148. The lowest BCUT2D eigenvalue weighted by atomic mass is 9.94. The first kappa shape index (κ1) is 18.1. The van der Waals surface area contributed by atoms with Gasteiger partial charge in [0.2, 0.25) is 0 Å². The Kier molecular flexibility index (Phi) is 5.03. The third-order valence-electron chi connectivity index (χ3n) is 6.23. The van der Waals surface area contributed by atoms with E-state index in [-0.39, 0.29) is 0 Å². The number of anilines is 1. The minimum absolute atomic E-state index is 0.810. The van der Waals surface area contributed by atoms with Crippen LogP contribution in [0.15, 0.2) is 36.4 Å². The van der Waals surface area contributed by atoms with Crippen LogP contribution in [0.25, 0.3) is 21.6 Å². The highest BCUT2D eigenvalue weighted by Gasteiger charge is 2.27. The molecule has 1 aliphatic heterocycles. The Bertz CT molecular complexity index is 938. The predicted octanol–water partition coefficient (Wildman–Crippen LogP) is 5.12. The number of hydrogen-bond acceptors (Lipinski definition) is 5. The molecule has 28 heavy (non-hydrogen) atoms. The Morgan fingerprint density at radius 3 is 2.43 bits per heavy atom.